The Morgan fingerprint density at radius 3 is 2.22 bits per heavy atom. The molecule has 2 aromatic carbocycles. The number of rotatable bonds is 4. The van der Waals surface area contributed by atoms with Crippen molar-refractivity contribution in [1.82, 2.24) is 4.90 Å². The number of hydrogen-bond donors (Lipinski definition) is 3. The minimum absolute atomic E-state index is 0.0129. The first-order valence-electron chi connectivity index (χ1n) is 13.2. The van der Waals surface area contributed by atoms with E-state index in [4.69, 9.17) is 5.11 Å². The van der Waals surface area contributed by atoms with Gasteiger partial charge in [0.05, 0.1) is 0 Å². The summed E-state index contributed by atoms with van der Waals surface area (Å²) < 4.78 is 0. The maximum absolute atomic E-state index is 11.2. The molecule has 0 radical (unpaired) electrons. The van der Waals surface area contributed by atoms with Gasteiger partial charge in [-0.1, -0.05) is 45.6 Å². The number of carboxylic acids is 1. The molecule has 0 aromatic heterocycles. The number of aromatic hydroxyl groups is 1. The van der Waals surface area contributed by atoms with E-state index in [0.717, 1.165) is 44.6 Å². The number of phenols is 1. The molecule has 0 spiro atoms. The maximum Gasteiger partial charge on any atom is 0.339 e. The van der Waals surface area contributed by atoms with Crippen LogP contribution in [0, 0.1) is 11.8 Å². The molecular formula is C31H40N2O4. The average Bonchev–Trinajstić information content (AvgIpc) is 2.84. The van der Waals surface area contributed by atoms with E-state index >= 15 is 0 Å². The molecule has 1 aliphatic carbocycles. The van der Waals surface area contributed by atoms with Crippen LogP contribution >= 0.6 is 0 Å². The van der Waals surface area contributed by atoms with Gasteiger partial charge in [-0.05, 0) is 78.5 Å². The summed E-state index contributed by atoms with van der Waals surface area (Å²) in [5.74, 6) is 4.29. The number of piperazine rings is 1. The quantitative estimate of drug-likeness (QED) is 0.505. The summed E-state index contributed by atoms with van der Waals surface area (Å²) in [5.41, 5.74) is 4.95. The molecule has 0 bridgehead atoms. The van der Waals surface area contributed by atoms with Crippen molar-refractivity contribution >= 4 is 11.7 Å². The lowest BCUT2D eigenvalue weighted by molar-refractivity contribution is 0.0693. The van der Waals surface area contributed by atoms with Crippen LogP contribution in [0.2, 0.25) is 0 Å². The predicted molar refractivity (Wildman–Crippen MR) is 148 cm³/mol. The summed E-state index contributed by atoms with van der Waals surface area (Å²) >= 11 is 0. The van der Waals surface area contributed by atoms with Crippen molar-refractivity contribution in [2.24, 2.45) is 0 Å². The first-order valence-corrected chi connectivity index (χ1v) is 13.2. The molecule has 1 atom stereocenters. The van der Waals surface area contributed by atoms with Crippen LogP contribution in [0.4, 0.5) is 5.69 Å². The van der Waals surface area contributed by atoms with Crippen molar-refractivity contribution in [3.63, 3.8) is 0 Å². The van der Waals surface area contributed by atoms with Crippen molar-refractivity contribution in [1.29, 1.82) is 0 Å². The fourth-order valence-corrected chi connectivity index (χ4v) is 5.69. The highest BCUT2D eigenvalue weighted by atomic mass is 16.4. The van der Waals surface area contributed by atoms with E-state index < -0.39 is 12.1 Å². The molecular weight excluding hydrogens is 464 g/mol. The second-order valence-electron chi connectivity index (χ2n) is 12.1. The van der Waals surface area contributed by atoms with Gasteiger partial charge in [-0.3, -0.25) is 4.90 Å². The third-order valence-electron chi connectivity index (χ3n) is 8.20. The minimum Gasteiger partial charge on any atom is -0.507 e. The third-order valence-corrected chi connectivity index (χ3v) is 8.20. The Hall–Kier alpha value is -3.01. The Balaban J connectivity index is 1.74. The SMILES string of the molecule is CC(C)N1CCN(c2cc(C(O)C#Cc3ccc(C(=O)O)c(O)c3)cc3c2C(C)(C)CCC3(C)C)CC1. The summed E-state index contributed by atoms with van der Waals surface area (Å²) in [7, 11) is 0. The monoisotopic (exact) mass is 504 g/mol. The number of aliphatic hydroxyl groups excluding tert-OH is 1. The molecule has 1 aliphatic heterocycles. The van der Waals surface area contributed by atoms with E-state index in [-0.39, 0.29) is 22.1 Å². The molecule has 2 aromatic rings. The lowest BCUT2D eigenvalue weighted by atomic mass is 9.62. The highest BCUT2D eigenvalue weighted by Gasteiger charge is 2.40. The van der Waals surface area contributed by atoms with Crippen LogP contribution in [0.15, 0.2) is 30.3 Å². The second kappa shape index (κ2) is 10.0. The van der Waals surface area contributed by atoms with Crippen LogP contribution in [0.1, 0.15) is 93.1 Å². The van der Waals surface area contributed by atoms with Gasteiger partial charge < -0.3 is 20.2 Å². The number of aliphatic hydroxyl groups is 1. The first-order chi connectivity index (χ1) is 17.3. The number of carbonyl (C=O) groups is 1. The first kappa shape index (κ1) is 27.0. The fourth-order valence-electron chi connectivity index (χ4n) is 5.69. The zero-order valence-electron chi connectivity index (χ0n) is 22.9. The smallest absolute Gasteiger partial charge is 0.339 e. The Labute approximate surface area is 220 Å². The fraction of sp³-hybridized carbons (Fsp3) is 0.516. The zero-order valence-corrected chi connectivity index (χ0v) is 22.9. The Bertz CT molecular complexity index is 1240. The molecule has 37 heavy (non-hydrogen) atoms. The van der Waals surface area contributed by atoms with E-state index in [2.05, 4.69) is 75.3 Å². The Kier molecular flexibility index (Phi) is 7.34. The summed E-state index contributed by atoms with van der Waals surface area (Å²) in [5, 5.41) is 30.3. The van der Waals surface area contributed by atoms with Crippen molar-refractivity contribution in [2.45, 2.75) is 77.4 Å². The van der Waals surface area contributed by atoms with E-state index in [1.165, 1.54) is 28.9 Å². The summed E-state index contributed by atoms with van der Waals surface area (Å²) in [4.78, 5) is 16.2. The highest BCUT2D eigenvalue weighted by molar-refractivity contribution is 5.90. The number of carboxylic acid groups (broad SMARTS) is 1. The Morgan fingerprint density at radius 1 is 0.973 bits per heavy atom. The number of hydrogen-bond acceptors (Lipinski definition) is 5. The van der Waals surface area contributed by atoms with Crippen molar-refractivity contribution in [2.75, 3.05) is 31.1 Å². The van der Waals surface area contributed by atoms with Gasteiger partial charge in [-0.2, -0.15) is 0 Å². The molecule has 6 nitrogen and oxygen atoms in total. The third kappa shape index (κ3) is 5.49. The second-order valence-corrected chi connectivity index (χ2v) is 12.1. The van der Waals surface area contributed by atoms with Gasteiger partial charge in [0.15, 0.2) is 0 Å². The number of benzene rings is 2. The van der Waals surface area contributed by atoms with Crippen LogP contribution in [-0.4, -0.2) is 58.4 Å². The average molecular weight is 505 g/mol. The van der Waals surface area contributed by atoms with E-state index in [1.54, 1.807) is 6.07 Å². The molecule has 4 rings (SSSR count). The molecule has 1 heterocycles. The van der Waals surface area contributed by atoms with Crippen molar-refractivity contribution in [3.05, 3.63) is 58.1 Å². The number of anilines is 1. The Morgan fingerprint density at radius 2 is 1.62 bits per heavy atom. The van der Waals surface area contributed by atoms with Gasteiger partial charge in [-0.15, -0.1) is 0 Å². The molecule has 0 saturated carbocycles. The summed E-state index contributed by atoms with van der Waals surface area (Å²) in [6, 6.07) is 8.97. The van der Waals surface area contributed by atoms with Gasteiger partial charge in [-0.25, -0.2) is 4.79 Å². The largest absolute Gasteiger partial charge is 0.507 e. The van der Waals surface area contributed by atoms with E-state index in [1.807, 2.05) is 0 Å². The standard InChI is InChI=1S/C31H40N2O4/c1-20(2)32-13-15-33(16-14-32)25-19-22(18-24-28(25)31(5,6)12-11-30(24,3)4)26(34)10-8-21-7-9-23(29(36)37)27(35)17-21/h7,9,17-20,26,34-35H,11-16H2,1-6H3,(H,36,37). The van der Waals surface area contributed by atoms with Gasteiger partial charge >= 0.3 is 5.97 Å². The van der Waals surface area contributed by atoms with Gasteiger partial charge in [0, 0.05) is 43.5 Å². The van der Waals surface area contributed by atoms with Crippen LogP contribution in [-0.2, 0) is 10.8 Å². The van der Waals surface area contributed by atoms with Gasteiger partial charge in [0.25, 0.3) is 0 Å². The van der Waals surface area contributed by atoms with Gasteiger partial charge in [0.2, 0.25) is 0 Å². The molecule has 0 amide bonds. The topological polar surface area (TPSA) is 84.2 Å². The summed E-state index contributed by atoms with van der Waals surface area (Å²) in [6.45, 7) is 17.6. The number of fused-ring (bicyclic) bond motifs is 1. The minimum atomic E-state index is -1.20. The molecule has 2 aliphatic rings. The van der Waals surface area contributed by atoms with E-state index in [9.17, 15) is 15.0 Å². The van der Waals surface area contributed by atoms with Gasteiger partial charge in [0.1, 0.15) is 17.4 Å². The molecule has 198 valence electrons. The molecule has 1 fully saturated rings. The molecule has 1 saturated heterocycles. The zero-order chi connectivity index (χ0) is 27.1. The maximum atomic E-state index is 11.2. The van der Waals surface area contributed by atoms with Crippen molar-refractivity contribution < 1.29 is 20.1 Å². The molecule has 3 N–H and O–H groups in total. The number of aromatic carboxylic acids is 1. The summed E-state index contributed by atoms with van der Waals surface area (Å²) in [6.07, 6.45) is 1.18. The van der Waals surface area contributed by atoms with Crippen molar-refractivity contribution in [3.8, 4) is 17.6 Å². The normalized spacial score (nSPS) is 19.6. The lowest BCUT2D eigenvalue weighted by Gasteiger charge is -2.46. The molecule has 1 unspecified atom stereocenters. The number of nitrogens with zero attached hydrogens (tertiary/aromatic N) is 2. The predicted octanol–water partition coefficient (Wildman–Crippen LogP) is 5.05. The molecule has 6 heteroatoms. The van der Waals surface area contributed by atoms with Crippen LogP contribution in [0.3, 0.4) is 0 Å². The van der Waals surface area contributed by atoms with Crippen LogP contribution in [0.25, 0.3) is 0 Å². The van der Waals surface area contributed by atoms with Crippen LogP contribution in [0.5, 0.6) is 5.75 Å². The van der Waals surface area contributed by atoms with Crippen LogP contribution < -0.4 is 4.90 Å². The highest BCUT2D eigenvalue weighted by Crippen LogP contribution is 2.50. The lowest BCUT2D eigenvalue weighted by Crippen LogP contribution is -2.50. The van der Waals surface area contributed by atoms with E-state index in [0.29, 0.717) is 11.6 Å².